The first kappa shape index (κ1) is 14.6. The van der Waals surface area contributed by atoms with E-state index in [1.54, 1.807) is 25.3 Å². The molecule has 108 valence electrons. The van der Waals surface area contributed by atoms with Crippen LogP contribution in [0.2, 0.25) is 0 Å². The van der Waals surface area contributed by atoms with Gasteiger partial charge in [0.2, 0.25) is 0 Å². The molecular formula is C14H19N3O2S. The highest BCUT2D eigenvalue weighted by Gasteiger charge is 2.18. The quantitative estimate of drug-likeness (QED) is 0.815. The molecule has 0 spiro atoms. The molecule has 0 aliphatic rings. The molecule has 6 heteroatoms. The molecule has 1 heterocycles. The lowest BCUT2D eigenvalue weighted by molar-refractivity contribution is 0.594. The molecule has 0 atom stereocenters. The van der Waals surface area contributed by atoms with Crippen LogP contribution in [0.25, 0.3) is 0 Å². The lowest BCUT2D eigenvalue weighted by Gasteiger charge is -2.22. The lowest BCUT2D eigenvalue weighted by atomic mass is 10.3. The fourth-order valence-corrected chi connectivity index (χ4v) is 3.14. The van der Waals surface area contributed by atoms with Crippen molar-refractivity contribution < 1.29 is 8.42 Å². The van der Waals surface area contributed by atoms with Crippen LogP contribution in [0.1, 0.15) is 6.92 Å². The summed E-state index contributed by atoms with van der Waals surface area (Å²) < 4.78 is 26.1. The van der Waals surface area contributed by atoms with Gasteiger partial charge in [0.1, 0.15) is 0 Å². The number of likely N-dealkylation sites (N-methyl/N-ethyl adjacent to an activating group) is 1. The Kier molecular flexibility index (Phi) is 4.44. The van der Waals surface area contributed by atoms with Crippen LogP contribution in [-0.2, 0) is 16.4 Å². The van der Waals surface area contributed by atoms with E-state index >= 15 is 0 Å². The van der Waals surface area contributed by atoms with Crippen LogP contribution in [0.5, 0.6) is 0 Å². The van der Waals surface area contributed by atoms with E-state index in [4.69, 9.17) is 0 Å². The fourth-order valence-electron chi connectivity index (χ4n) is 2.00. The van der Waals surface area contributed by atoms with Crippen LogP contribution in [0.3, 0.4) is 0 Å². The molecule has 0 unspecified atom stereocenters. The molecule has 5 nitrogen and oxygen atoms in total. The van der Waals surface area contributed by atoms with Crippen LogP contribution in [-0.4, -0.2) is 37.5 Å². The molecule has 1 aromatic heterocycles. The fraction of sp³-hybridized carbons (Fsp3) is 0.357. The smallest absolute Gasteiger partial charge is 0.180 e. The molecule has 0 aliphatic carbocycles. The molecular weight excluding hydrogens is 274 g/mol. The molecule has 0 radical (unpaired) electrons. The Morgan fingerprint density at radius 3 is 2.65 bits per heavy atom. The number of hydrogen-bond donors (Lipinski definition) is 0. The Morgan fingerprint density at radius 2 is 2.00 bits per heavy atom. The number of rotatable bonds is 6. The Bertz CT molecular complexity index is 651. The van der Waals surface area contributed by atoms with Crippen LogP contribution in [0, 0.1) is 0 Å². The second kappa shape index (κ2) is 6.09. The van der Waals surface area contributed by atoms with Crippen LogP contribution >= 0.6 is 0 Å². The summed E-state index contributed by atoms with van der Waals surface area (Å²) in [5, 5.41) is 4.14. The third-order valence-corrected chi connectivity index (χ3v) is 4.99. The molecule has 0 saturated carbocycles. The number of hydrogen-bond acceptors (Lipinski definition) is 4. The van der Waals surface area contributed by atoms with Crippen LogP contribution in [0.15, 0.2) is 47.6 Å². The number of benzene rings is 1. The van der Waals surface area contributed by atoms with Gasteiger partial charge in [-0.25, -0.2) is 8.42 Å². The van der Waals surface area contributed by atoms with Crippen molar-refractivity contribution >= 4 is 15.5 Å². The summed E-state index contributed by atoms with van der Waals surface area (Å²) in [7, 11) is -1.31. The highest BCUT2D eigenvalue weighted by molar-refractivity contribution is 7.91. The zero-order valence-electron chi connectivity index (χ0n) is 11.7. The minimum atomic E-state index is -3.21. The highest BCUT2D eigenvalue weighted by Crippen LogP contribution is 2.24. The van der Waals surface area contributed by atoms with E-state index in [0.29, 0.717) is 18.0 Å². The highest BCUT2D eigenvalue weighted by atomic mass is 32.2. The molecule has 0 aliphatic heterocycles. The molecule has 20 heavy (non-hydrogen) atoms. The summed E-state index contributed by atoms with van der Waals surface area (Å²) in [6.45, 7) is 3.07. The molecule has 1 aromatic carbocycles. The van der Waals surface area contributed by atoms with Gasteiger partial charge in [0.05, 0.1) is 22.9 Å². The van der Waals surface area contributed by atoms with Crippen molar-refractivity contribution in [1.82, 2.24) is 9.78 Å². The largest absolute Gasteiger partial charge is 0.372 e. The average Bonchev–Trinajstić information content (AvgIpc) is 2.98. The monoisotopic (exact) mass is 293 g/mol. The van der Waals surface area contributed by atoms with Crippen molar-refractivity contribution in [2.75, 3.05) is 24.2 Å². The number of para-hydroxylation sites is 1. The molecule has 2 rings (SSSR count). The third-order valence-electron chi connectivity index (χ3n) is 3.22. The zero-order valence-corrected chi connectivity index (χ0v) is 12.5. The predicted molar refractivity (Wildman–Crippen MR) is 79.7 cm³/mol. The van der Waals surface area contributed by atoms with Crippen molar-refractivity contribution in [1.29, 1.82) is 0 Å². The molecule has 0 bridgehead atoms. The van der Waals surface area contributed by atoms with Crippen molar-refractivity contribution in [2.24, 2.45) is 0 Å². The van der Waals surface area contributed by atoms with Gasteiger partial charge in [0.15, 0.2) is 9.84 Å². The number of aromatic nitrogens is 2. The number of anilines is 1. The standard InChI is InChI=1S/C14H19N3O2S/c1-3-20(18,19)14-8-5-4-7-13(14)16(2)11-12-17-10-6-9-15-17/h4-10H,3,11-12H2,1-2H3. The molecule has 0 saturated heterocycles. The zero-order chi connectivity index (χ0) is 14.6. The Hall–Kier alpha value is -1.82. The number of nitrogens with zero attached hydrogens (tertiary/aromatic N) is 3. The van der Waals surface area contributed by atoms with Gasteiger partial charge in [-0.1, -0.05) is 19.1 Å². The maximum Gasteiger partial charge on any atom is 0.180 e. The molecule has 0 fully saturated rings. The van der Waals surface area contributed by atoms with E-state index in [1.165, 1.54) is 0 Å². The normalized spacial score (nSPS) is 11.5. The van der Waals surface area contributed by atoms with Crippen LogP contribution < -0.4 is 4.90 Å². The van der Waals surface area contributed by atoms with Gasteiger partial charge >= 0.3 is 0 Å². The molecule has 0 N–H and O–H groups in total. The first-order chi connectivity index (χ1) is 9.54. The van der Waals surface area contributed by atoms with Gasteiger partial charge < -0.3 is 4.90 Å². The Balaban J connectivity index is 2.19. The third kappa shape index (κ3) is 3.19. The van der Waals surface area contributed by atoms with Gasteiger partial charge in [-0.05, 0) is 18.2 Å². The van der Waals surface area contributed by atoms with Gasteiger partial charge in [-0.3, -0.25) is 4.68 Å². The van der Waals surface area contributed by atoms with Gasteiger partial charge in [-0.15, -0.1) is 0 Å². The summed E-state index contributed by atoms with van der Waals surface area (Å²) in [5.74, 6) is 0.108. The topological polar surface area (TPSA) is 55.2 Å². The van der Waals surface area contributed by atoms with E-state index in [2.05, 4.69) is 5.10 Å². The van der Waals surface area contributed by atoms with E-state index in [-0.39, 0.29) is 5.75 Å². The molecule has 2 aromatic rings. The van der Waals surface area contributed by atoms with Crippen molar-refractivity contribution in [2.45, 2.75) is 18.4 Å². The van der Waals surface area contributed by atoms with Gasteiger partial charge in [0.25, 0.3) is 0 Å². The van der Waals surface area contributed by atoms with Crippen molar-refractivity contribution in [3.63, 3.8) is 0 Å². The lowest BCUT2D eigenvalue weighted by Crippen LogP contribution is -2.24. The minimum Gasteiger partial charge on any atom is -0.372 e. The minimum absolute atomic E-state index is 0.108. The molecule has 0 amide bonds. The second-order valence-corrected chi connectivity index (χ2v) is 6.81. The first-order valence-corrected chi connectivity index (χ1v) is 8.20. The SMILES string of the molecule is CCS(=O)(=O)c1ccccc1N(C)CCn1cccn1. The summed E-state index contributed by atoms with van der Waals surface area (Å²) >= 11 is 0. The Labute approximate surface area is 119 Å². The second-order valence-electron chi connectivity index (χ2n) is 4.56. The van der Waals surface area contributed by atoms with E-state index in [9.17, 15) is 8.42 Å². The maximum absolute atomic E-state index is 12.1. The predicted octanol–water partition coefficient (Wildman–Crippen LogP) is 1.81. The van der Waals surface area contributed by atoms with Crippen molar-refractivity contribution in [3.8, 4) is 0 Å². The summed E-state index contributed by atoms with van der Waals surface area (Å²) in [6, 6.07) is 8.99. The van der Waals surface area contributed by atoms with Crippen LogP contribution in [0.4, 0.5) is 5.69 Å². The van der Waals surface area contributed by atoms with Gasteiger partial charge in [0, 0.05) is 26.0 Å². The number of sulfone groups is 1. The summed E-state index contributed by atoms with van der Waals surface area (Å²) in [5.41, 5.74) is 0.738. The van der Waals surface area contributed by atoms with E-state index in [1.807, 2.05) is 41.0 Å². The van der Waals surface area contributed by atoms with Crippen molar-refractivity contribution in [3.05, 3.63) is 42.7 Å². The summed E-state index contributed by atoms with van der Waals surface area (Å²) in [6.07, 6.45) is 3.62. The first-order valence-electron chi connectivity index (χ1n) is 6.55. The average molecular weight is 293 g/mol. The summed E-state index contributed by atoms with van der Waals surface area (Å²) in [4.78, 5) is 2.34. The van der Waals surface area contributed by atoms with Gasteiger partial charge in [-0.2, -0.15) is 5.10 Å². The Morgan fingerprint density at radius 1 is 1.25 bits per heavy atom. The van der Waals surface area contributed by atoms with E-state index in [0.717, 1.165) is 5.69 Å². The maximum atomic E-state index is 12.1. The van der Waals surface area contributed by atoms with E-state index < -0.39 is 9.84 Å².